The third-order valence-electron chi connectivity index (χ3n) is 3.09. The van der Waals surface area contributed by atoms with Gasteiger partial charge in [-0.2, -0.15) is 5.26 Å². The van der Waals surface area contributed by atoms with Crippen molar-refractivity contribution < 1.29 is 0 Å². The fourth-order valence-electron chi connectivity index (χ4n) is 2.02. The number of nitriles is 1. The van der Waals surface area contributed by atoms with E-state index in [-0.39, 0.29) is 0 Å². The molecule has 0 saturated heterocycles. The Morgan fingerprint density at radius 3 is 2.74 bits per heavy atom. The Morgan fingerprint density at radius 1 is 1.21 bits per heavy atom. The van der Waals surface area contributed by atoms with Gasteiger partial charge in [-0.05, 0) is 23.8 Å². The Kier molecular flexibility index (Phi) is 4.38. The number of nitrogens with one attached hydrogen (secondary N) is 1. The Hall–Kier alpha value is -2.05. The van der Waals surface area contributed by atoms with Crippen molar-refractivity contribution in [3.8, 4) is 6.07 Å². The lowest BCUT2D eigenvalue weighted by molar-refractivity contribution is 0.564. The SMILES string of the molecule is CC(C)NCc1cccn1Cc1ccccc1C#N. The van der Waals surface area contributed by atoms with Crippen LogP contribution < -0.4 is 5.32 Å². The minimum atomic E-state index is 0.467. The maximum atomic E-state index is 9.12. The van der Waals surface area contributed by atoms with Gasteiger partial charge in [-0.15, -0.1) is 0 Å². The van der Waals surface area contributed by atoms with E-state index in [4.69, 9.17) is 5.26 Å². The molecule has 1 aromatic heterocycles. The molecule has 2 rings (SSSR count). The third kappa shape index (κ3) is 3.46. The quantitative estimate of drug-likeness (QED) is 0.890. The molecule has 98 valence electrons. The van der Waals surface area contributed by atoms with Gasteiger partial charge in [0.1, 0.15) is 0 Å². The van der Waals surface area contributed by atoms with E-state index in [2.05, 4.69) is 42.1 Å². The normalized spacial score (nSPS) is 10.6. The monoisotopic (exact) mass is 253 g/mol. The second-order valence-electron chi connectivity index (χ2n) is 4.93. The molecule has 1 heterocycles. The lowest BCUT2D eigenvalue weighted by atomic mass is 10.1. The number of benzene rings is 1. The summed E-state index contributed by atoms with van der Waals surface area (Å²) in [7, 11) is 0. The molecule has 0 fully saturated rings. The number of rotatable bonds is 5. The van der Waals surface area contributed by atoms with Crippen LogP contribution in [0.15, 0.2) is 42.6 Å². The van der Waals surface area contributed by atoms with Crippen LogP contribution >= 0.6 is 0 Å². The smallest absolute Gasteiger partial charge is 0.0995 e. The van der Waals surface area contributed by atoms with E-state index in [9.17, 15) is 0 Å². The molecular weight excluding hydrogens is 234 g/mol. The lowest BCUT2D eigenvalue weighted by Crippen LogP contribution is -2.23. The number of hydrogen-bond acceptors (Lipinski definition) is 2. The zero-order valence-corrected chi connectivity index (χ0v) is 11.4. The summed E-state index contributed by atoms with van der Waals surface area (Å²) in [6.07, 6.45) is 2.06. The van der Waals surface area contributed by atoms with E-state index in [0.717, 1.165) is 24.2 Å². The molecule has 0 bridgehead atoms. The first-order valence-corrected chi connectivity index (χ1v) is 6.56. The summed E-state index contributed by atoms with van der Waals surface area (Å²) >= 11 is 0. The molecule has 0 aliphatic rings. The molecule has 1 N–H and O–H groups in total. The highest BCUT2D eigenvalue weighted by molar-refractivity contribution is 5.37. The molecule has 3 nitrogen and oxygen atoms in total. The van der Waals surface area contributed by atoms with E-state index in [1.807, 2.05) is 30.3 Å². The predicted molar refractivity (Wildman–Crippen MR) is 76.7 cm³/mol. The minimum absolute atomic E-state index is 0.467. The minimum Gasteiger partial charge on any atom is -0.346 e. The first-order chi connectivity index (χ1) is 9.20. The van der Waals surface area contributed by atoms with Crippen molar-refractivity contribution in [2.24, 2.45) is 0 Å². The molecule has 3 heteroatoms. The number of hydrogen-bond donors (Lipinski definition) is 1. The fourth-order valence-corrected chi connectivity index (χ4v) is 2.02. The van der Waals surface area contributed by atoms with Crippen molar-refractivity contribution in [3.05, 3.63) is 59.4 Å². The Morgan fingerprint density at radius 2 is 2.00 bits per heavy atom. The molecule has 1 aromatic carbocycles. The zero-order chi connectivity index (χ0) is 13.7. The standard InChI is InChI=1S/C16H19N3/c1-13(2)18-11-16-8-5-9-19(16)12-15-7-4-3-6-14(15)10-17/h3-9,13,18H,11-12H2,1-2H3. The maximum Gasteiger partial charge on any atom is 0.0995 e. The van der Waals surface area contributed by atoms with Crippen molar-refractivity contribution in [1.82, 2.24) is 9.88 Å². The van der Waals surface area contributed by atoms with Crippen molar-refractivity contribution in [2.45, 2.75) is 33.0 Å². The van der Waals surface area contributed by atoms with E-state index >= 15 is 0 Å². The summed E-state index contributed by atoms with van der Waals surface area (Å²) in [5, 5.41) is 12.5. The predicted octanol–water partition coefficient (Wildman–Crippen LogP) is 2.91. The maximum absolute atomic E-state index is 9.12. The Labute approximate surface area is 114 Å². The van der Waals surface area contributed by atoms with Crippen molar-refractivity contribution in [3.63, 3.8) is 0 Å². The first-order valence-electron chi connectivity index (χ1n) is 6.56. The van der Waals surface area contributed by atoms with Gasteiger partial charge in [-0.1, -0.05) is 32.0 Å². The van der Waals surface area contributed by atoms with Crippen molar-refractivity contribution >= 4 is 0 Å². The van der Waals surface area contributed by atoms with Crippen molar-refractivity contribution in [1.29, 1.82) is 5.26 Å². The average molecular weight is 253 g/mol. The van der Waals surface area contributed by atoms with E-state index in [1.165, 1.54) is 5.69 Å². The highest BCUT2D eigenvalue weighted by atomic mass is 15.0. The van der Waals surface area contributed by atoms with Gasteiger partial charge >= 0.3 is 0 Å². The van der Waals surface area contributed by atoms with Gasteiger partial charge in [-0.3, -0.25) is 0 Å². The van der Waals surface area contributed by atoms with Gasteiger partial charge in [0.2, 0.25) is 0 Å². The molecule has 0 aliphatic heterocycles. The van der Waals surface area contributed by atoms with Crippen LogP contribution in [-0.2, 0) is 13.1 Å². The molecule has 0 saturated carbocycles. The highest BCUT2D eigenvalue weighted by Gasteiger charge is 2.05. The number of aromatic nitrogens is 1. The molecule has 0 atom stereocenters. The van der Waals surface area contributed by atoms with Crippen LogP contribution in [0.3, 0.4) is 0 Å². The summed E-state index contributed by atoms with van der Waals surface area (Å²) < 4.78 is 2.19. The fraction of sp³-hybridized carbons (Fsp3) is 0.312. The summed E-state index contributed by atoms with van der Waals surface area (Å²) in [6, 6.07) is 14.6. The van der Waals surface area contributed by atoms with Crippen LogP contribution in [0.5, 0.6) is 0 Å². The lowest BCUT2D eigenvalue weighted by Gasteiger charge is -2.13. The molecular formula is C16H19N3. The van der Waals surface area contributed by atoms with Gasteiger partial charge in [0, 0.05) is 31.0 Å². The van der Waals surface area contributed by atoms with E-state index < -0.39 is 0 Å². The van der Waals surface area contributed by atoms with Gasteiger partial charge in [0.25, 0.3) is 0 Å². The van der Waals surface area contributed by atoms with Crippen LogP contribution in [0, 0.1) is 11.3 Å². The zero-order valence-electron chi connectivity index (χ0n) is 11.4. The Bertz CT molecular complexity index is 576. The second kappa shape index (κ2) is 6.21. The van der Waals surface area contributed by atoms with Gasteiger partial charge < -0.3 is 9.88 Å². The topological polar surface area (TPSA) is 40.8 Å². The van der Waals surface area contributed by atoms with Gasteiger partial charge in [0.05, 0.1) is 11.6 Å². The molecule has 0 amide bonds. The molecule has 0 radical (unpaired) electrons. The van der Waals surface area contributed by atoms with Gasteiger partial charge in [0.15, 0.2) is 0 Å². The molecule has 19 heavy (non-hydrogen) atoms. The van der Waals surface area contributed by atoms with Crippen LogP contribution in [0.2, 0.25) is 0 Å². The van der Waals surface area contributed by atoms with Crippen LogP contribution in [0.4, 0.5) is 0 Å². The highest BCUT2D eigenvalue weighted by Crippen LogP contribution is 2.12. The van der Waals surface area contributed by atoms with Crippen molar-refractivity contribution in [2.75, 3.05) is 0 Å². The summed E-state index contributed by atoms with van der Waals surface area (Å²) in [6.45, 7) is 5.86. The third-order valence-corrected chi connectivity index (χ3v) is 3.09. The van der Waals surface area contributed by atoms with Crippen LogP contribution in [0.1, 0.15) is 30.7 Å². The largest absolute Gasteiger partial charge is 0.346 e. The molecule has 0 unspecified atom stereocenters. The molecule has 0 spiro atoms. The molecule has 0 aliphatic carbocycles. The van der Waals surface area contributed by atoms with E-state index in [0.29, 0.717) is 6.04 Å². The Balaban J connectivity index is 2.15. The van der Waals surface area contributed by atoms with Gasteiger partial charge in [-0.25, -0.2) is 0 Å². The first kappa shape index (κ1) is 13.4. The summed E-state index contributed by atoms with van der Waals surface area (Å²) in [5.41, 5.74) is 3.05. The van der Waals surface area contributed by atoms with Crippen LogP contribution in [0.25, 0.3) is 0 Å². The summed E-state index contributed by atoms with van der Waals surface area (Å²) in [4.78, 5) is 0. The number of nitrogens with zero attached hydrogens (tertiary/aromatic N) is 2. The molecule has 2 aromatic rings. The average Bonchev–Trinajstić information content (AvgIpc) is 2.84. The second-order valence-corrected chi connectivity index (χ2v) is 4.93. The van der Waals surface area contributed by atoms with Crippen LogP contribution in [-0.4, -0.2) is 10.6 Å². The summed E-state index contributed by atoms with van der Waals surface area (Å²) in [5.74, 6) is 0. The van der Waals surface area contributed by atoms with E-state index in [1.54, 1.807) is 0 Å².